The molecule has 130 valence electrons. The van der Waals surface area contributed by atoms with Crippen molar-refractivity contribution >= 4 is 28.4 Å². The predicted molar refractivity (Wildman–Crippen MR) is 94.2 cm³/mol. The topological polar surface area (TPSA) is 83.5 Å². The third-order valence-electron chi connectivity index (χ3n) is 4.75. The fourth-order valence-electron chi connectivity index (χ4n) is 3.48. The van der Waals surface area contributed by atoms with Crippen LogP contribution in [0, 0.1) is 5.92 Å². The van der Waals surface area contributed by atoms with E-state index in [9.17, 15) is 19.5 Å². The first-order valence-corrected chi connectivity index (χ1v) is 8.54. The molecule has 5 nitrogen and oxygen atoms in total. The first kappa shape index (κ1) is 17.1. The monoisotopic (exact) mass is 339 g/mol. The maximum Gasteiger partial charge on any atom is 0.326 e. The standard InChI is InChI=1S/C20H21NO4/c22-17-7-3-6-16(12-17)19(20(24)25)21-18(23)11-13-8-9-14-4-1-2-5-15(14)10-13/h1-2,4-5,8-10,16,19H,3,6-7,11-12H2,(H,21,23)(H,24,25)/t16-,19-/m1/s1. The quantitative estimate of drug-likeness (QED) is 0.877. The van der Waals surface area contributed by atoms with Crippen molar-refractivity contribution in [2.24, 2.45) is 5.92 Å². The van der Waals surface area contributed by atoms with E-state index < -0.39 is 12.0 Å². The minimum Gasteiger partial charge on any atom is -0.480 e. The highest BCUT2D eigenvalue weighted by molar-refractivity contribution is 5.88. The minimum absolute atomic E-state index is 0.0753. The highest BCUT2D eigenvalue weighted by atomic mass is 16.4. The molecular formula is C20H21NO4. The van der Waals surface area contributed by atoms with Crippen LogP contribution in [0.3, 0.4) is 0 Å². The van der Waals surface area contributed by atoms with Gasteiger partial charge in [-0.2, -0.15) is 0 Å². The van der Waals surface area contributed by atoms with Crippen molar-refractivity contribution in [3.05, 3.63) is 48.0 Å². The Morgan fingerprint density at radius 2 is 1.92 bits per heavy atom. The summed E-state index contributed by atoms with van der Waals surface area (Å²) in [5.74, 6) is -1.65. The number of fused-ring (bicyclic) bond motifs is 1. The number of carbonyl (C=O) groups is 3. The highest BCUT2D eigenvalue weighted by Crippen LogP contribution is 2.25. The van der Waals surface area contributed by atoms with Gasteiger partial charge in [0.2, 0.25) is 5.91 Å². The van der Waals surface area contributed by atoms with Crippen molar-refractivity contribution in [2.45, 2.75) is 38.1 Å². The molecule has 1 fully saturated rings. The van der Waals surface area contributed by atoms with Crippen LogP contribution in [0.25, 0.3) is 10.8 Å². The lowest BCUT2D eigenvalue weighted by atomic mass is 9.83. The number of hydrogen-bond donors (Lipinski definition) is 2. The molecule has 1 aliphatic rings. The highest BCUT2D eigenvalue weighted by Gasteiger charge is 2.33. The molecule has 2 aromatic rings. The van der Waals surface area contributed by atoms with Crippen molar-refractivity contribution in [3.8, 4) is 0 Å². The van der Waals surface area contributed by atoms with E-state index in [-0.39, 0.29) is 30.4 Å². The van der Waals surface area contributed by atoms with Gasteiger partial charge in [0.15, 0.2) is 0 Å². The Balaban J connectivity index is 1.68. The lowest BCUT2D eigenvalue weighted by Crippen LogP contribution is -2.47. The van der Waals surface area contributed by atoms with Crippen LogP contribution < -0.4 is 5.32 Å². The second kappa shape index (κ2) is 7.47. The molecule has 0 unspecified atom stereocenters. The average Bonchev–Trinajstić information content (AvgIpc) is 2.59. The lowest BCUT2D eigenvalue weighted by Gasteiger charge is -2.27. The molecule has 1 amide bonds. The summed E-state index contributed by atoms with van der Waals surface area (Å²) in [6.45, 7) is 0. The maximum absolute atomic E-state index is 12.3. The van der Waals surface area contributed by atoms with Crippen LogP contribution in [-0.2, 0) is 20.8 Å². The Hall–Kier alpha value is -2.69. The first-order chi connectivity index (χ1) is 12.0. The van der Waals surface area contributed by atoms with E-state index in [1.165, 1.54) is 0 Å². The summed E-state index contributed by atoms with van der Waals surface area (Å²) in [4.78, 5) is 35.5. The van der Waals surface area contributed by atoms with Gasteiger partial charge in [0.1, 0.15) is 11.8 Å². The van der Waals surface area contributed by atoms with Crippen LogP contribution in [-0.4, -0.2) is 28.8 Å². The largest absolute Gasteiger partial charge is 0.480 e. The number of Topliss-reactive ketones (excluding diaryl/α,β-unsaturated/α-hetero) is 1. The van der Waals surface area contributed by atoms with Gasteiger partial charge >= 0.3 is 5.97 Å². The smallest absolute Gasteiger partial charge is 0.326 e. The Morgan fingerprint density at radius 1 is 1.16 bits per heavy atom. The van der Waals surface area contributed by atoms with E-state index in [4.69, 9.17) is 0 Å². The molecule has 0 heterocycles. The SMILES string of the molecule is O=C1CCC[C@@H]([C@@H](NC(=O)Cc2ccc3ccccc3c2)C(=O)O)C1. The Bertz CT molecular complexity index is 814. The van der Waals surface area contributed by atoms with Gasteiger partial charge in [-0.3, -0.25) is 9.59 Å². The molecule has 0 spiro atoms. The van der Waals surface area contributed by atoms with Gasteiger partial charge in [-0.05, 0) is 35.1 Å². The van der Waals surface area contributed by atoms with Crippen LogP contribution in [0.15, 0.2) is 42.5 Å². The van der Waals surface area contributed by atoms with Gasteiger partial charge in [0, 0.05) is 12.8 Å². The Morgan fingerprint density at radius 3 is 2.64 bits per heavy atom. The van der Waals surface area contributed by atoms with Gasteiger partial charge in [0.25, 0.3) is 0 Å². The van der Waals surface area contributed by atoms with Crippen LogP contribution >= 0.6 is 0 Å². The first-order valence-electron chi connectivity index (χ1n) is 8.54. The fourth-order valence-corrected chi connectivity index (χ4v) is 3.48. The zero-order valence-electron chi connectivity index (χ0n) is 13.9. The number of rotatable bonds is 5. The van der Waals surface area contributed by atoms with Crippen molar-refractivity contribution in [3.63, 3.8) is 0 Å². The fraction of sp³-hybridized carbons (Fsp3) is 0.350. The van der Waals surface area contributed by atoms with Crippen molar-refractivity contribution in [1.29, 1.82) is 0 Å². The summed E-state index contributed by atoms with van der Waals surface area (Å²) in [6, 6.07) is 12.6. The molecule has 1 aliphatic carbocycles. The van der Waals surface area contributed by atoms with Crippen LogP contribution in [0.1, 0.15) is 31.2 Å². The summed E-state index contributed by atoms with van der Waals surface area (Å²) in [6.07, 6.45) is 2.20. The third kappa shape index (κ3) is 4.24. The third-order valence-corrected chi connectivity index (χ3v) is 4.75. The van der Waals surface area contributed by atoms with E-state index in [0.717, 1.165) is 16.3 Å². The average molecular weight is 339 g/mol. The number of carboxylic acid groups (broad SMARTS) is 1. The molecular weight excluding hydrogens is 318 g/mol. The molecule has 0 aliphatic heterocycles. The van der Waals surface area contributed by atoms with Gasteiger partial charge in [-0.25, -0.2) is 4.79 Å². The van der Waals surface area contributed by atoms with E-state index in [1.54, 1.807) is 0 Å². The summed E-state index contributed by atoms with van der Waals surface area (Å²) < 4.78 is 0. The molecule has 25 heavy (non-hydrogen) atoms. The normalized spacial score (nSPS) is 18.7. The van der Waals surface area contributed by atoms with Crippen LogP contribution in [0.2, 0.25) is 0 Å². The van der Waals surface area contributed by atoms with Gasteiger partial charge < -0.3 is 10.4 Å². The number of carbonyl (C=O) groups excluding carboxylic acids is 2. The molecule has 0 bridgehead atoms. The van der Waals surface area contributed by atoms with Crippen LogP contribution in [0.5, 0.6) is 0 Å². The number of carboxylic acids is 1. The molecule has 5 heteroatoms. The zero-order valence-corrected chi connectivity index (χ0v) is 13.9. The maximum atomic E-state index is 12.3. The zero-order chi connectivity index (χ0) is 17.8. The molecule has 2 N–H and O–H groups in total. The number of ketones is 1. The number of benzene rings is 2. The number of hydrogen-bond acceptors (Lipinski definition) is 3. The van der Waals surface area contributed by atoms with Gasteiger partial charge in [-0.1, -0.05) is 42.5 Å². The van der Waals surface area contributed by atoms with Crippen molar-refractivity contribution in [1.82, 2.24) is 5.32 Å². The Kier molecular flexibility index (Phi) is 5.12. The molecule has 0 radical (unpaired) electrons. The second-order valence-electron chi connectivity index (χ2n) is 6.64. The van der Waals surface area contributed by atoms with E-state index in [0.29, 0.717) is 19.3 Å². The summed E-state index contributed by atoms with van der Waals surface area (Å²) >= 11 is 0. The molecule has 2 aromatic carbocycles. The van der Waals surface area contributed by atoms with E-state index >= 15 is 0 Å². The van der Waals surface area contributed by atoms with Gasteiger partial charge in [0.05, 0.1) is 6.42 Å². The summed E-state index contributed by atoms with van der Waals surface area (Å²) in [5, 5.41) is 14.2. The molecule has 3 rings (SSSR count). The van der Waals surface area contributed by atoms with Crippen molar-refractivity contribution in [2.75, 3.05) is 0 Å². The molecule has 0 aromatic heterocycles. The van der Waals surface area contributed by atoms with Crippen LogP contribution in [0.4, 0.5) is 0 Å². The number of aliphatic carboxylic acids is 1. The molecule has 2 atom stereocenters. The van der Waals surface area contributed by atoms with Crippen molar-refractivity contribution < 1.29 is 19.5 Å². The van der Waals surface area contributed by atoms with E-state index in [1.807, 2.05) is 42.5 Å². The van der Waals surface area contributed by atoms with E-state index in [2.05, 4.69) is 5.32 Å². The summed E-state index contributed by atoms with van der Waals surface area (Å²) in [7, 11) is 0. The summed E-state index contributed by atoms with van der Waals surface area (Å²) in [5.41, 5.74) is 0.833. The predicted octanol–water partition coefficient (Wildman–Crippen LogP) is 2.71. The second-order valence-corrected chi connectivity index (χ2v) is 6.64. The molecule has 1 saturated carbocycles. The number of amides is 1. The molecule has 0 saturated heterocycles. The Labute approximate surface area is 146 Å². The lowest BCUT2D eigenvalue weighted by molar-refractivity contribution is -0.144. The number of nitrogens with one attached hydrogen (secondary N) is 1. The minimum atomic E-state index is -1.08. The van der Waals surface area contributed by atoms with Gasteiger partial charge in [-0.15, -0.1) is 0 Å².